The highest BCUT2D eigenvalue weighted by Gasteiger charge is 2.52. The van der Waals surface area contributed by atoms with Gasteiger partial charge in [-0.1, -0.05) is 206 Å². The second-order valence-electron chi connectivity index (χ2n) is 18.8. The molecule has 0 N–H and O–H groups in total. The Hall–Kier alpha value is -9.42. The van der Waals surface area contributed by atoms with E-state index in [9.17, 15) is 0 Å². The van der Waals surface area contributed by atoms with E-state index < -0.39 is 8.07 Å². The SMILES string of the molecule is c1ccc(-c2ccc(-c3ccc(N(c4ccc5c(c4)oc4ccccc45)c4ccc5c6c(n(-c7ccccc7)c5c4)N(c4ccccc4)c4ccccc4[Si]6(c4ccccc4)c4ccccc4)cc3)cc2)cc1. The van der Waals surface area contributed by atoms with Crippen molar-refractivity contribution in [1.29, 1.82) is 0 Å². The molecule has 344 valence electrons. The molecule has 0 aliphatic carbocycles. The van der Waals surface area contributed by atoms with Gasteiger partial charge in [-0.05, 0) is 111 Å². The molecule has 2 aromatic heterocycles. The molecule has 13 aromatic rings. The smallest absolute Gasteiger partial charge is 0.186 e. The van der Waals surface area contributed by atoms with Crippen molar-refractivity contribution in [2.75, 3.05) is 9.80 Å². The Morgan fingerprint density at radius 1 is 0.342 bits per heavy atom. The Kier molecular flexibility index (Phi) is 10.2. The van der Waals surface area contributed by atoms with Crippen LogP contribution < -0.4 is 30.5 Å². The highest BCUT2D eigenvalue weighted by atomic mass is 28.3. The third-order valence-corrected chi connectivity index (χ3v) is 19.7. The van der Waals surface area contributed by atoms with E-state index in [1.807, 2.05) is 6.07 Å². The standard InChI is InChI=1S/C68H47N3OSi/c1-6-20-48(21-7-1)49-34-36-50(37-35-49)51-38-40-54(41-39-51)69(56-42-44-60-59-30-16-18-32-64(59)72-65(60)47-56)55-43-45-61-63(46-55)71(53-24-10-3-11-25-53)68-67(61)73(57-26-12-4-13-27-57,58-28-14-5-15-29-58)66-33-19-17-31-62(66)70(68)52-22-8-2-9-23-52/h1-47H. The molecule has 0 spiro atoms. The van der Waals surface area contributed by atoms with Gasteiger partial charge in [0.05, 0.1) is 5.52 Å². The van der Waals surface area contributed by atoms with Gasteiger partial charge in [-0.25, -0.2) is 0 Å². The van der Waals surface area contributed by atoms with Crippen molar-refractivity contribution in [2.24, 2.45) is 0 Å². The van der Waals surface area contributed by atoms with E-state index in [1.165, 1.54) is 48.5 Å². The molecule has 5 heteroatoms. The van der Waals surface area contributed by atoms with Gasteiger partial charge >= 0.3 is 0 Å². The number of para-hydroxylation sites is 4. The molecule has 73 heavy (non-hydrogen) atoms. The van der Waals surface area contributed by atoms with Crippen LogP contribution in [0.3, 0.4) is 0 Å². The molecule has 1 aliphatic rings. The zero-order valence-electron chi connectivity index (χ0n) is 39.9. The van der Waals surface area contributed by atoms with E-state index in [2.05, 4.69) is 293 Å². The number of hydrogen-bond donors (Lipinski definition) is 0. The number of furan rings is 1. The fourth-order valence-electron chi connectivity index (χ4n) is 11.6. The third kappa shape index (κ3) is 6.89. The van der Waals surface area contributed by atoms with E-state index >= 15 is 0 Å². The number of benzene rings is 11. The number of hydrogen-bond acceptors (Lipinski definition) is 3. The van der Waals surface area contributed by atoms with E-state index in [-0.39, 0.29) is 0 Å². The summed E-state index contributed by atoms with van der Waals surface area (Å²) in [5, 5.41) is 8.83. The second kappa shape index (κ2) is 17.5. The summed E-state index contributed by atoms with van der Waals surface area (Å²) in [6.45, 7) is 0. The average molecular weight is 950 g/mol. The maximum Gasteiger partial charge on any atom is 0.186 e. The summed E-state index contributed by atoms with van der Waals surface area (Å²) >= 11 is 0. The van der Waals surface area contributed by atoms with Gasteiger partial charge in [-0.2, -0.15) is 0 Å². The van der Waals surface area contributed by atoms with E-state index in [0.717, 1.165) is 67.3 Å². The topological polar surface area (TPSA) is 24.6 Å². The van der Waals surface area contributed by atoms with Crippen molar-refractivity contribution in [1.82, 2.24) is 4.57 Å². The number of fused-ring (bicyclic) bond motifs is 7. The van der Waals surface area contributed by atoms with E-state index in [4.69, 9.17) is 4.42 Å². The summed E-state index contributed by atoms with van der Waals surface area (Å²) < 4.78 is 9.13. The van der Waals surface area contributed by atoms with Gasteiger partial charge in [-0.3, -0.25) is 9.47 Å². The van der Waals surface area contributed by atoms with Gasteiger partial charge in [0.1, 0.15) is 17.0 Å². The molecule has 0 bridgehead atoms. The second-order valence-corrected chi connectivity index (χ2v) is 22.5. The number of anilines is 6. The summed E-state index contributed by atoms with van der Waals surface area (Å²) in [6.07, 6.45) is 0. The van der Waals surface area contributed by atoms with Gasteiger partial charge in [0.2, 0.25) is 0 Å². The van der Waals surface area contributed by atoms with E-state index in [1.54, 1.807) is 0 Å². The minimum Gasteiger partial charge on any atom is -0.456 e. The quantitative estimate of drug-likeness (QED) is 0.135. The maximum atomic E-state index is 6.60. The van der Waals surface area contributed by atoms with Crippen LogP contribution in [-0.4, -0.2) is 12.6 Å². The lowest BCUT2D eigenvalue weighted by atomic mass is 10.00. The van der Waals surface area contributed by atoms with Gasteiger partial charge < -0.3 is 9.32 Å². The van der Waals surface area contributed by atoms with Crippen molar-refractivity contribution < 1.29 is 4.42 Å². The van der Waals surface area contributed by atoms with Crippen molar-refractivity contribution in [2.45, 2.75) is 0 Å². The lowest BCUT2D eigenvalue weighted by molar-refractivity contribution is 0.669. The van der Waals surface area contributed by atoms with Crippen molar-refractivity contribution in [3.63, 3.8) is 0 Å². The van der Waals surface area contributed by atoms with Crippen LogP contribution >= 0.6 is 0 Å². The first kappa shape index (κ1) is 42.5. The van der Waals surface area contributed by atoms with Crippen molar-refractivity contribution in [3.8, 4) is 27.9 Å². The first-order valence-corrected chi connectivity index (χ1v) is 27.0. The minimum atomic E-state index is -3.10. The molecule has 14 rings (SSSR count). The molecule has 0 amide bonds. The predicted octanol–water partition coefficient (Wildman–Crippen LogP) is 15.5. The summed E-state index contributed by atoms with van der Waals surface area (Å²) in [7, 11) is -3.10. The third-order valence-electron chi connectivity index (χ3n) is 14.8. The Morgan fingerprint density at radius 3 is 1.45 bits per heavy atom. The van der Waals surface area contributed by atoms with Crippen LogP contribution in [0.15, 0.2) is 290 Å². The van der Waals surface area contributed by atoms with Crippen molar-refractivity contribution >= 4 is 95.9 Å². The fraction of sp³-hybridized carbons (Fsp3) is 0. The van der Waals surface area contributed by atoms with Gasteiger partial charge in [0, 0.05) is 61.5 Å². The maximum absolute atomic E-state index is 6.60. The molecule has 4 nitrogen and oxygen atoms in total. The number of rotatable bonds is 9. The first-order chi connectivity index (χ1) is 36.2. The molecule has 0 unspecified atom stereocenters. The highest BCUT2D eigenvalue weighted by molar-refractivity contribution is 7.22. The summed E-state index contributed by atoms with van der Waals surface area (Å²) in [6, 6.07) is 104. The fourth-order valence-corrected chi connectivity index (χ4v) is 16.9. The normalized spacial score (nSPS) is 12.7. The Balaban J connectivity index is 1.04. The van der Waals surface area contributed by atoms with Crippen LogP contribution in [0.5, 0.6) is 0 Å². The Morgan fingerprint density at radius 2 is 0.808 bits per heavy atom. The summed E-state index contributed by atoms with van der Waals surface area (Å²) in [5.74, 6) is 1.15. The molecule has 0 radical (unpaired) electrons. The molecular weight excluding hydrogens is 903 g/mol. The van der Waals surface area contributed by atoms with Crippen LogP contribution in [-0.2, 0) is 0 Å². The van der Waals surface area contributed by atoms with Crippen molar-refractivity contribution in [3.05, 3.63) is 285 Å². The van der Waals surface area contributed by atoms with E-state index in [0.29, 0.717) is 0 Å². The highest BCUT2D eigenvalue weighted by Crippen LogP contribution is 2.46. The van der Waals surface area contributed by atoms with Gasteiger partial charge in [0.25, 0.3) is 0 Å². The molecule has 0 atom stereocenters. The predicted molar refractivity (Wildman–Crippen MR) is 308 cm³/mol. The van der Waals surface area contributed by atoms with Crippen LogP contribution in [0, 0.1) is 0 Å². The minimum absolute atomic E-state index is 0.848. The lowest BCUT2D eigenvalue weighted by Gasteiger charge is -2.44. The Bertz CT molecular complexity index is 4080. The number of nitrogens with zero attached hydrogens (tertiary/aromatic N) is 3. The average Bonchev–Trinajstić information content (AvgIpc) is 4.02. The zero-order chi connectivity index (χ0) is 48.3. The molecule has 11 aromatic carbocycles. The Labute approximate surface area is 425 Å². The molecular formula is C68H47N3OSi. The van der Waals surface area contributed by atoms with Gasteiger partial charge in [0.15, 0.2) is 8.07 Å². The molecule has 0 saturated heterocycles. The zero-order valence-corrected chi connectivity index (χ0v) is 40.9. The molecule has 3 heterocycles. The summed E-state index contributed by atoms with van der Waals surface area (Å²) in [5.41, 5.74) is 14.1. The summed E-state index contributed by atoms with van der Waals surface area (Å²) in [4.78, 5) is 4.91. The van der Waals surface area contributed by atoms with Gasteiger partial charge in [-0.15, -0.1) is 0 Å². The van der Waals surface area contributed by atoms with Crippen LogP contribution in [0.25, 0.3) is 60.8 Å². The number of aromatic nitrogens is 1. The molecule has 0 fully saturated rings. The lowest BCUT2D eigenvalue weighted by Crippen LogP contribution is -2.77. The van der Waals surface area contributed by atoms with Crippen LogP contribution in [0.1, 0.15) is 0 Å². The van der Waals surface area contributed by atoms with Crippen LogP contribution in [0.2, 0.25) is 0 Å². The monoisotopic (exact) mass is 949 g/mol. The van der Waals surface area contributed by atoms with Crippen LogP contribution in [0.4, 0.5) is 34.3 Å². The first-order valence-electron chi connectivity index (χ1n) is 25.0. The molecule has 1 aliphatic heterocycles. The largest absolute Gasteiger partial charge is 0.456 e. The molecule has 0 saturated carbocycles.